The summed E-state index contributed by atoms with van der Waals surface area (Å²) in [6.45, 7) is 5.71. The van der Waals surface area contributed by atoms with Crippen LogP contribution in [0.15, 0.2) is 0 Å². The molecule has 0 radical (unpaired) electrons. The van der Waals surface area contributed by atoms with Crippen molar-refractivity contribution in [1.29, 1.82) is 0 Å². The predicted molar refractivity (Wildman–Crippen MR) is 41.2 cm³/mol. The van der Waals surface area contributed by atoms with Crippen molar-refractivity contribution in [2.45, 2.75) is 26.7 Å². The zero-order chi connectivity index (χ0) is 6.41. The van der Waals surface area contributed by atoms with Crippen molar-refractivity contribution >= 4 is 12.4 Å². The Bertz CT molecular complexity index is 46.3. The van der Waals surface area contributed by atoms with E-state index in [1.54, 1.807) is 0 Å². The molecule has 0 fully saturated rings. The molecule has 2 nitrogen and oxygen atoms in total. The molecule has 0 bridgehead atoms. The van der Waals surface area contributed by atoms with Gasteiger partial charge >= 0.3 is 0 Å². The lowest BCUT2D eigenvalue weighted by molar-refractivity contribution is -0.0900. The first-order valence-electron chi connectivity index (χ1n) is 3.25. The molecule has 0 spiro atoms. The minimum atomic E-state index is 0. The van der Waals surface area contributed by atoms with Gasteiger partial charge in [-0.1, -0.05) is 13.8 Å². The number of hydrogen-bond donors (Lipinski definition) is 1. The number of rotatable bonds is 4. The molecule has 0 aromatic carbocycles. The zero-order valence-electron chi connectivity index (χ0n) is 6.13. The molecule has 0 aliphatic carbocycles. The van der Waals surface area contributed by atoms with Gasteiger partial charge in [0, 0.05) is 13.1 Å². The summed E-state index contributed by atoms with van der Waals surface area (Å²) < 4.78 is 0. The third-order valence-corrected chi connectivity index (χ3v) is 0.963. The van der Waals surface area contributed by atoms with Gasteiger partial charge in [0.2, 0.25) is 0 Å². The van der Waals surface area contributed by atoms with E-state index in [1.807, 2.05) is 0 Å². The van der Waals surface area contributed by atoms with Gasteiger partial charge < -0.3 is 5.21 Å². The summed E-state index contributed by atoms with van der Waals surface area (Å²) in [6.07, 6.45) is 2.05. The third-order valence-electron chi connectivity index (χ3n) is 0.963. The van der Waals surface area contributed by atoms with Crippen LogP contribution in [0.5, 0.6) is 0 Å². The van der Waals surface area contributed by atoms with Crippen molar-refractivity contribution in [3.05, 3.63) is 0 Å². The molecule has 3 heteroatoms. The van der Waals surface area contributed by atoms with Crippen LogP contribution in [-0.4, -0.2) is 23.4 Å². The highest BCUT2D eigenvalue weighted by molar-refractivity contribution is 5.85. The second-order valence-electron chi connectivity index (χ2n) is 1.95. The van der Waals surface area contributed by atoms with E-state index in [0.717, 1.165) is 25.9 Å². The van der Waals surface area contributed by atoms with Gasteiger partial charge in [-0.3, -0.25) is 0 Å². The van der Waals surface area contributed by atoms with Crippen molar-refractivity contribution in [2.24, 2.45) is 0 Å². The Balaban J connectivity index is 0. The van der Waals surface area contributed by atoms with E-state index in [-0.39, 0.29) is 12.4 Å². The summed E-state index contributed by atoms with van der Waals surface area (Å²) in [4.78, 5) is 0. The van der Waals surface area contributed by atoms with Crippen LogP contribution in [0.3, 0.4) is 0 Å². The van der Waals surface area contributed by atoms with Gasteiger partial charge in [0.15, 0.2) is 0 Å². The minimum absolute atomic E-state index is 0. The molecule has 58 valence electrons. The average Bonchev–Trinajstić information content (AvgIpc) is 1.68. The van der Waals surface area contributed by atoms with E-state index in [0.29, 0.717) is 0 Å². The van der Waals surface area contributed by atoms with Crippen LogP contribution >= 0.6 is 12.4 Å². The first kappa shape index (κ1) is 11.9. The van der Waals surface area contributed by atoms with Crippen LogP contribution in [0.1, 0.15) is 26.7 Å². The van der Waals surface area contributed by atoms with Gasteiger partial charge in [-0.05, 0) is 12.8 Å². The number of hydroxylamine groups is 2. The molecule has 0 heterocycles. The van der Waals surface area contributed by atoms with E-state index >= 15 is 0 Å². The fourth-order valence-electron chi connectivity index (χ4n) is 0.628. The topological polar surface area (TPSA) is 23.5 Å². The second-order valence-corrected chi connectivity index (χ2v) is 1.95. The largest absolute Gasteiger partial charge is 0.314 e. The molecule has 0 atom stereocenters. The highest BCUT2D eigenvalue weighted by Crippen LogP contribution is 1.86. The van der Waals surface area contributed by atoms with Gasteiger partial charge in [-0.15, -0.1) is 12.4 Å². The smallest absolute Gasteiger partial charge is 0.0235 e. The number of hydrogen-bond acceptors (Lipinski definition) is 2. The first-order chi connectivity index (χ1) is 3.81. The molecular formula is C6H16ClNO. The van der Waals surface area contributed by atoms with E-state index in [4.69, 9.17) is 5.21 Å². The monoisotopic (exact) mass is 153 g/mol. The van der Waals surface area contributed by atoms with Gasteiger partial charge in [-0.2, -0.15) is 5.06 Å². The van der Waals surface area contributed by atoms with Crippen molar-refractivity contribution in [3.8, 4) is 0 Å². The van der Waals surface area contributed by atoms with Crippen LogP contribution in [-0.2, 0) is 0 Å². The summed E-state index contributed by atoms with van der Waals surface area (Å²) in [7, 11) is 0. The summed E-state index contributed by atoms with van der Waals surface area (Å²) in [5.74, 6) is 0. The molecule has 0 saturated carbocycles. The second kappa shape index (κ2) is 8.21. The van der Waals surface area contributed by atoms with Crippen LogP contribution in [0.4, 0.5) is 0 Å². The summed E-state index contributed by atoms with van der Waals surface area (Å²) in [5, 5.41) is 10.2. The summed E-state index contributed by atoms with van der Waals surface area (Å²) in [5.41, 5.74) is 0. The Morgan fingerprint density at radius 3 is 1.67 bits per heavy atom. The van der Waals surface area contributed by atoms with E-state index < -0.39 is 0 Å². The fourth-order valence-corrected chi connectivity index (χ4v) is 0.628. The molecule has 0 saturated heterocycles. The van der Waals surface area contributed by atoms with E-state index in [9.17, 15) is 0 Å². The first-order valence-corrected chi connectivity index (χ1v) is 3.25. The lowest BCUT2D eigenvalue weighted by Gasteiger charge is -2.10. The van der Waals surface area contributed by atoms with E-state index in [1.165, 1.54) is 5.06 Å². The van der Waals surface area contributed by atoms with Gasteiger partial charge in [0.25, 0.3) is 0 Å². The van der Waals surface area contributed by atoms with Crippen molar-refractivity contribution in [3.63, 3.8) is 0 Å². The molecule has 1 N–H and O–H groups in total. The average molecular weight is 154 g/mol. The SMILES string of the molecule is CCCN(O)CCC.Cl. The lowest BCUT2D eigenvalue weighted by Crippen LogP contribution is -2.20. The molecule has 9 heavy (non-hydrogen) atoms. The highest BCUT2D eigenvalue weighted by atomic mass is 35.5. The maximum absolute atomic E-state index is 8.88. The van der Waals surface area contributed by atoms with Crippen LogP contribution in [0, 0.1) is 0 Å². The molecule has 0 rings (SSSR count). The van der Waals surface area contributed by atoms with Crippen molar-refractivity contribution in [1.82, 2.24) is 5.06 Å². The third kappa shape index (κ3) is 8.21. The fraction of sp³-hybridized carbons (Fsp3) is 1.00. The molecular weight excluding hydrogens is 138 g/mol. The molecule has 0 aromatic rings. The van der Waals surface area contributed by atoms with Crippen LogP contribution < -0.4 is 0 Å². The maximum atomic E-state index is 8.88. The molecule has 0 aliphatic heterocycles. The molecule has 0 unspecified atom stereocenters. The molecule has 0 aliphatic rings. The Morgan fingerprint density at radius 1 is 1.11 bits per heavy atom. The van der Waals surface area contributed by atoms with Gasteiger partial charge in [0.1, 0.15) is 0 Å². The summed E-state index contributed by atoms with van der Waals surface area (Å²) in [6, 6.07) is 0. The Morgan fingerprint density at radius 2 is 1.44 bits per heavy atom. The van der Waals surface area contributed by atoms with Gasteiger partial charge in [0.05, 0.1) is 0 Å². The zero-order valence-corrected chi connectivity index (χ0v) is 6.95. The van der Waals surface area contributed by atoms with Crippen LogP contribution in [0.25, 0.3) is 0 Å². The van der Waals surface area contributed by atoms with Gasteiger partial charge in [-0.25, -0.2) is 0 Å². The molecule has 0 amide bonds. The van der Waals surface area contributed by atoms with Crippen molar-refractivity contribution < 1.29 is 5.21 Å². The number of halogens is 1. The maximum Gasteiger partial charge on any atom is 0.0235 e. The lowest BCUT2D eigenvalue weighted by atomic mass is 10.4. The minimum Gasteiger partial charge on any atom is -0.314 e. The van der Waals surface area contributed by atoms with Crippen LogP contribution in [0.2, 0.25) is 0 Å². The Kier molecular flexibility index (Phi) is 10.9. The highest BCUT2D eigenvalue weighted by Gasteiger charge is 1.92. The normalized spacial score (nSPS) is 9.33. The standard InChI is InChI=1S/C6H15NO.ClH/c1-3-5-7(8)6-4-2;/h8H,3-6H2,1-2H3;1H. The number of nitrogens with zero attached hydrogens (tertiary/aromatic N) is 1. The molecule has 0 aromatic heterocycles. The van der Waals surface area contributed by atoms with Crippen molar-refractivity contribution in [2.75, 3.05) is 13.1 Å². The Hall–Kier alpha value is 0.210. The van der Waals surface area contributed by atoms with E-state index in [2.05, 4.69) is 13.8 Å². The predicted octanol–water partition coefficient (Wildman–Crippen LogP) is 1.92. The quantitative estimate of drug-likeness (QED) is 0.624. The Labute approximate surface area is 63.2 Å². The summed E-state index contributed by atoms with van der Waals surface area (Å²) >= 11 is 0.